The van der Waals surface area contributed by atoms with Crippen LogP contribution in [0.1, 0.15) is 26.7 Å². The summed E-state index contributed by atoms with van der Waals surface area (Å²) in [4.78, 5) is 14.5. The lowest BCUT2D eigenvalue weighted by atomic mass is 10.2. The van der Waals surface area contributed by atoms with Crippen molar-refractivity contribution in [1.29, 1.82) is 0 Å². The van der Waals surface area contributed by atoms with Crippen molar-refractivity contribution in [3.05, 3.63) is 59.6 Å². The Morgan fingerprint density at radius 1 is 1.06 bits per heavy atom. The van der Waals surface area contributed by atoms with Crippen molar-refractivity contribution >= 4 is 29.3 Å². The van der Waals surface area contributed by atoms with Gasteiger partial charge in [0.1, 0.15) is 0 Å². The molecule has 6 nitrogen and oxygen atoms in total. The van der Waals surface area contributed by atoms with Gasteiger partial charge in [0.25, 0.3) is 0 Å². The van der Waals surface area contributed by atoms with Crippen LogP contribution in [0.3, 0.4) is 0 Å². The highest BCUT2D eigenvalue weighted by molar-refractivity contribution is 7.99. The van der Waals surface area contributed by atoms with Gasteiger partial charge in [-0.05, 0) is 56.7 Å². The fourth-order valence-corrected chi connectivity index (χ4v) is 4.90. The van der Waals surface area contributed by atoms with Crippen molar-refractivity contribution in [2.75, 3.05) is 18.8 Å². The fourth-order valence-electron chi connectivity index (χ4n) is 3.89. The van der Waals surface area contributed by atoms with E-state index in [0.717, 1.165) is 34.4 Å². The molecule has 1 saturated heterocycles. The number of hydrogen-bond acceptors (Lipinski definition) is 5. The van der Waals surface area contributed by atoms with Crippen LogP contribution in [0.2, 0.25) is 5.02 Å². The fraction of sp³-hybridized carbons (Fsp3) is 0.375. The molecule has 8 heteroatoms. The molecule has 1 aromatic heterocycles. The lowest BCUT2D eigenvalue weighted by Gasteiger charge is -2.35. The number of aromatic nitrogens is 3. The molecular formula is C24H27ClN4O2S. The highest BCUT2D eigenvalue weighted by atomic mass is 35.5. The van der Waals surface area contributed by atoms with Crippen LogP contribution in [0.5, 0.6) is 0 Å². The average molecular weight is 471 g/mol. The first-order valence-electron chi connectivity index (χ1n) is 10.8. The third kappa shape index (κ3) is 5.52. The third-order valence-corrected chi connectivity index (χ3v) is 6.56. The Labute approximate surface area is 197 Å². The minimum Gasteiger partial charge on any atom is -0.372 e. The van der Waals surface area contributed by atoms with E-state index in [1.807, 2.05) is 73.3 Å². The number of rotatable bonds is 7. The maximum Gasteiger partial charge on any atom is 0.222 e. The number of morpholine rings is 1. The molecule has 2 atom stereocenters. The summed E-state index contributed by atoms with van der Waals surface area (Å²) in [6.45, 7) is 5.37. The molecule has 32 heavy (non-hydrogen) atoms. The molecule has 0 aliphatic carbocycles. The van der Waals surface area contributed by atoms with E-state index < -0.39 is 0 Å². The summed E-state index contributed by atoms with van der Waals surface area (Å²) in [5, 5.41) is 10.4. The largest absolute Gasteiger partial charge is 0.372 e. The number of halogens is 1. The lowest BCUT2D eigenvalue weighted by Crippen LogP contribution is -2.48. The van der Waals surface area contributed by atoms with Gasteiger partial charge in [-0.2, -0.15) is 0 Å². The summed E-state index contributed by atoms with van der Waals surface area (Å²) in [6.07, 6.45) is 1.48. The van der Waals surface area contributed by atoms with Crippen molar-refractivity contribution in [3.8, 4) is 17.1 Å². The second-order valence-corrected chi connectivity index (χ2v) is 9.49. The van der Waals surface area contributed by atoms with Crippen LogP contribution in [0, 0.1) is 0 Å². The van der Waals surface area contributed by atoms with Gasteiger partial charge in [0.05, 0.1) is 12.2 Å². The summed E-state index contributed by atoms with van der Waals surface area (Å²) < 4.78 is 7.78. The van der Waals surface area contributed by atoms with E-state index in [9.17, 15) is 4.79 Å². The molecular weight excluding hydrogens is 444 g/mol. The van der Waals surface area contributed by atoms with Gasteiger partial charge in [0.15, 0.2) is 11.0 Å². The SMILES string of the molecule is CC1CN(C(=O)CCCSc2nnc(-c3ccc(Cl)cc3)n2-c2ccccc2)CC(C)O1. The smallest absolute Gasteiger partial charge is 0.222 e. The Morgan fingerprint density at radius 3 is 2.44 bits per heavy atom. The first-order valence-corrected chi connectivity index (χ1v) is 12.2. The number of carbonyl (C=O) groups is 1. The first kappa shape index (κ1) is 22.8. The summed E-state index contributed by atoms with van der Waals surface area (Å²) in [6, 6.07) is 17.7. The predicted molar refractivity (Wildman–Crippen MR) is 128 cm³/mol. The van der Waals surface area contributed by atoms with Gasteiger partial charge in [-0.15, -0.1) is 10.2 Å². The quantitative estimate of drug-likeness (QED) is 0.355. The average Bonchev–Trinajstić information content (AvgIpc) is 3.21. The Morgan fingerprint density at radius 2 is 1.75 bits per heavy atom. The number of nitrogens with zero attached hydrogens (tertiary/aromatic N) is 4. The Hall–Kier alpha value is -2.35. The molecule has 0 N–H and O–H groups in total. The molecule has 4 rings (SSSR count). The Kier molecular flexibility index (Phi) is 7.50. The minimum absolute atomic E-state index is 0.0905. The van der Waals surface area contributed by atoms with Crippen LogP contribution in [-0.4, -0.2) is 56.6 Å². The van der Waals surface area contributed by atoms with Gasteiger partial charge in [-0.25, -0.2) is 0 Å². The molecule has 3 aromatic rings. The van der Waals surface area contributed by atoms with Crippen LogP contribution in [0.25, 0.3) is 17.1 Å². The van der Waals surface area contributed by atoms with Gasteiger partial charge in [0.2, 0.25) is 5.91 Å². The summed E-state index contributed by atoms with van der Waals surface area (Å²) in [5.41, 5.74) is 1.95. The summed E-state index contributed by atoms with van der Waals surface area (Å²) in [7, 11) is 0. The van der Waals surface area contributed by atoms with Gasteiger partial charge in [0, 0.05) is 41.5 Å². The summed E-state index contributed by atoms with van der Waals surface area (Å²) >= 11 is 7.68. The van der Waals surface area contributed by atoms with E-state index in [2.05, 4.69) is 14.8 Å². The number of ether oxygens (including phenoxy) is 1. The topological polar surface area (TPSA) is 60.2 Å². The summed E-state index contributed by atoms with van der Waals surface area (Å²) in [5.74, 6) is 1.74. The van der Waals surface area contributed by atoms with E-state index >= 15 is 0 Å². The predicted octanol–water partition coefficient (Wildman–Crippen LogP) is 5.10. The number of carbonyl (C=O) groups excluding carboxylic acids is 1. The molecule has 2 unspecified atom stereocenters. The van der Waals surface area contributed by atoms with Crippen LogP contribution >= 0.6 is 23.4 Å². The molecule has 0 spiro atoms. The highest BCUT2D eigenvalue weighted by Crippen LogP contribution is 2.29. The zero-order chi connectivity index (χ0) is 22.5. The molecule has 0 saturated carbocycles. The number of benzene rings is 2. The molecule has 1 fully saturated rings. The van der Waals surface area contributed by atoms with Crippen molar-refractivity contribution in [2.45, 2.75) is 44.1 Å². The van der Waals surface area contributed by atoms with Crippen molar-refractivity contribution < 1.29 is 9.53 Å². The maximum atomic E-state index is 12.6. The number of para-hydroxylation sites is 1. The van der Waals surface area contributed by atoms with Gasteiger partial charge in [-0.3, -0.25) is 9.36 Å². The monoisotopic (exact) mass is 470 g/mol. The number of amides is 1. The van der Waals surface area contributed by atoms with E-state index in [-0.39, 0.29) is 18.1 Å². The first-order chi connectivity index (χ1) is 15.5. The standard InChI is InChI=1S/C24H27ClN4O2S/c1-17-15-28(16-18(2)31-17)22(30)9-6-14-32-24-27-26-23(19-10-12-20(25)13-11-19)29(24)21-7-4-3-5-8-21/h3-5,7-8,10-13,17-18H,6,9,14-16H2,1-2H3. The van der Waals surface area contributed by atoms with Crippen LogP contribution < -0.4 is 0 Å². The van der Waals surface area contributed by atoms with Gasteiger partial charge in [-0.1, -0.05) is 41.6 Å². The highest BCUT2D eigenvalue weighted by Gasteiger charge is 2.25. The molecule has 1 aliphatic rings. The third-order valence-electron chi connectivity index (χ3n) is 5.29. The number of thioether (sulfide) groups is 1. The Bertz CT molecular complexity index is 1030. The Balaban J connectivity index is 1.43. The zero-order valence-corrected chi connectivity index (χ0v) is 19.9. The van der Waals surface area contributed by atoms with Crippen molar-refractivity contribution in [2.24, 2.45) is 0 Å². The van der Waals surface area contributed by atoms with E-state index in [4.69, 9.17) is 16.3 Å². The maximum absolute atomic E-state index is 12.6. The van der Waals surface area contributed by atoms with Crippen LogP contribution in [0.15, 0.2) is 59.8 Å². The number of hydrogen-bond donors (Lipinski definition) is 0. The zero-order valence-electron chi connectivity index (χ0n) is 18.3. The van der Waals surface area contributed by atoms with E-state index in [1.165, 1.54) is 0 Å². The van der Waals surface area contributed by atoms with Gasteiger partial charge >= 0.3 is 0 Å². The molecule has 2 aromatic carbocycles. The second-order valence-electron chi connectivity index (χ2n) is 7.99. The normalized spacial score (nSPS) is 18.7. The molecule has 2 heterocycles. The van der Waals surface area contributed by atoms with E-state index in [1.54, 1.807) is 11.8 Å². The van der Waals surface area contributed by atoms with E-state index in [0.29, 0.717) is 24.5 Å². The van der Waals surface area contributed by atoms with Crippen molar-refractivity contribution in [3.63, 3.8) is 0 Å². The van der Waals surface area contributed by atoms with Crippen LogP contribution in [-0.2, 0) is 9.53 Å². The molecule has 1 amide bonds. The molecule has 0 radical (unpaired) electrons. The minimum atomic E-state index is 0.0905. The second kappa shape index (κ2) is 10.5. The molecule has 0 bridgehead atoms. The lowest BCUT2D eigenvalue weighted by molar-refractivity contribution is -0.143. The van der Waals surface area contributed by atoms with Crippen molar-refractivity contribution in [1.82, 2.24) is 19.7 Å². The molecule has 1 aliphatic heterocycles. The van der Waals surface area contributed by atoms with Crippen LogP contribution in [0.4, 0.5) is 0 Å². The molecule has 168 valence electrons. The van der Waals surface area contributed by atoms with Gasteiger partial charge < -0.3 is 9.64 Å².